The maximum absolute atomic E-state index is 2.43. The Morgan fingerprint density at radius 3 is 1.76 bits per heavy atom. The van der Waals surface area contributed by atoms with Crippen LogP contribution in [0.3, 0.4) is 0 Å². The molecule has 0 radical (unpaired) electrons. The van der Waals surface area contributed by atoms with Gasteiger partial charge in [0.1, 0.15) is 0 Å². The van der Waals surface area contributed by atoms with Gasteiger partial charge < -0.3 is 4.90 Å². The van der Waals surface area contributed by atoms with Gasteiger partial charge in [0.2, 0.25) is 0 Å². The lowest BCUT2D eigenvalue weighted by atomic mass is 9.81. The van der Waals surface area contributed by atoms with E-state index in [4.69, 9.17) is 0 Å². The fourth-order valence-electron chi connectivity index (χ4n) is 6.16. The second-order valence-corrected chi connectivity index (χ2v) is 11.6. The summed E-state index contributed by atoms with van der Waals surface area (Å²) in [5.74, 6) is 0. The quantitative estimate of drug-likeness (QED) is 0.184. The molecule has 6 aromatic rings. The molecule has 0 fully saturated rings. The van der Waals surface area contributed by atoms with Crippen LogP contribution >= 0.6 is 0 Å². The Hall–Kier alpha value is -4.20. The van der Waals surface area contributed by atoms with Crippen molar-refractivity contribution in [3.05, 3.63) is 131 Å². The van der Waals surface area contributed by atoms with E-state index >= 15 is 0 Å². The Balaban J connectivity index is 1.79. The summed E-state index contributed by atoms with van der Waals surface area (Å²) in [5, 5.41) is 5.13. The molecule has 0 aromatic heterocycles. The highest BCUT2D eigenvalue weighted by molar-refractivity contribution is 6.13. The van der Waals surface area contributed by atoms with Crippen LogP contribution in [-0.2, 0) is 19.4 Å². The van der Waals surface area contributed by atoms with Crippen LogP contribution in [0.1, 0.15) is 36.1 Å². The summed E-state index contributed by atoms with van der Waals surface area (Å²) in [6.45, 7) is 7.53. The van der Waals surface area contributed by atoms with Crippen LogP contribution < -0.4 is 0 Å². The van der Waals surface area contributed by atoms with Gasteiger partial charge in [0.05, 0.1) is 0 Å². The van der Waals surface area contributed by atoms with Crippen molar-refractivity contribution in [1.29, 1.82) is 0 Å². The molecule has 0 saturated heterocycles. The zero-order valence-corrected chi connectivity index (χ0v) is 25.0. The summed E-state index contributed by atoms with van der Waals surface area (Å²) in [5.41, 5.74) is 13.1. The fourth-order valence-corrected chi connectivity index (χ4v) is 6.16. The summed E-state index contributed by atoms with van der Waals surface area (Å²) in [4.78, 5) is 2.28. The number of aryl methyl sites for hydroxylation is 3. The van der Waals surface area contributed by atoms with E-state index in [1.165, 1.54) is 77.2 Å². The molecule has 0 saturated carbocycles. The Bertz CT molecular complexity index is 1840. The molecule has 6 rings (SSSR count). The van der Waals surface area contributed by atoms with E-state index in [0.717, 1.165) is 19.4 Å². The van der Waals surface area contributed by atoms with Crippen LogP contribution in [0, 0.1) is 6.92 Å². The first-order chi connectivity index (χ1) is 19.9. The second kappa shape index (κ2) is 11.4. The van der Waals surface area contributed by atoms with Crippen molar-refractivity contribution >= 4 is 21.5 Å². The lowest BCUT2D eigenvalue weighted by molar-refractivity contribution is 0.403. The minimum Gasteiger partial charge on any atom is -0.305 e. The van der Waals surface area contributed by atoms with Gasteiger partial charge >= 0.3 is 0 Å². The summed E-state index contributed by atoms with van der Waals surface area (Å²) >= 11 is 0. The van der Waals surface area contributed by atoms with Crippen molar-refractivity contribution in [1.82, 2.24) is 4.90 Å². The predicted octanol–water partition coefficient (Wildman–Crippen LogP) is 10.5. The lowest BCUT2D eigenvalue weighted by Crippen LogP contribution is -2.12. The fraction of sp³-hybridized carbons (Fsp3) is 0.200. The van der Waals surface area contributed by atoms with Crippen molar-refractivity contribution in [2.45, 2.75) is 40.2 Å². The molecule has 0 aliphatic carbocycles. The summed E-state index contributed by atoms with van der Waals surface area (Å²) in [6, 6.07) is 41.4. The van der Waals surface area contributed by atoms with Gasteiger partial charge in [0.15, 0.2) is 0 Å². The van der Waals surface area contributed by atoms with Gasteiger partial charge in [-0.15, -0.1) is 0 Å². The molecule has 0 atom stereocenters. The highest BCUT2D eigenvalue weighted by Crippen LogP contribution is 2.47. The third-order valence-corrected chi connectivity index (χ3v) is 8.35. The zero-order valence-electron chi connectivity index (χ0n) is 25.0. The number of fused-ring (bicyclic) bond motifs is 2. The maximum Gasteiger partial charge on any atom is 0.0233 e. The molecular weight excluding hydrogens is 494 g/mol. The molecule has 0 N–H and O–H groups in total. The average molecular weight is 534 g/mol. The van der Waals surface area contributed by atoms with Crippen molar-refractivity contribution < 1.29 is 0 Å². The van der Waals surface area contributed by atoms with Gasteiger partial charge in [-0.1, -0.05) is 110 Å². The van der Waals surface area contributed by atoms with Gasteiger partial charge in [-0.05, 0) is 124 Å². The van der Waals surface area contributed by atoms with Crippen molar-refractivity contribution in [3.63, 3.8) is 0 Å². The van der Waals surface area contributed by atoms with E-state index in [0.29, 0.717) is 0 Å². The predicted molar refractivity (Wildman–Crippen MR) is 179 cm³/mol. The molecule has 0 aliphatic rings. The standard InChI is InChI=1S/C40H39N/c1-6-28-13-17-30(18-14-28)37-25-34-23-32-10-8-9-11-33(32)24-38(34)40(39(37)31-19-15-29(7-2)16-20-31)36-21-12-27(3)22-35(36)26-41(4)5/h8-25H,6-7,26H2,1-5H3. The topological polar surface area (TPSA) is 3.24 Å². The molecular formula is C40H39N. The second-order valence-electron chi connectivity index (χ2n) is 11.6. The molecule has 0 amide bonds. The van der Waals surface area contributed by atoms with Crippen LogP contribution in [0.15, 0.2) is 109 Å². The van der Waals surface area contributed by atoms with Crippen LogP contribution in [0.25, 0.3) is 54.9 Å². The van der Waals surface area contributed by atoms with Gasteiger partial charge in [0.25, 0.3) is 0 Å². The third kappa shape index (κ3) is 5.31. The van der Waals surface area contributed by atoms with E-state index in [-0.39, 0.29) is 0 Å². The summed E-state index contributed by atoms with van der Waals surface area (Å²) in [6.07, 6.45) is 2.07. The van der Waals surface area contributed by atoms with E-state index in [2.05, 4.69) is 149 Å². The number of hydrogen-bond donors (Lipinski definition) is 0. The number of rotatable bonds is 7. The molecule has 1 heteroatoms. The first-order valence-electron chi connectivity index (χ1n) is 14.9. The van der Waals surface area contributed by atoms with Crippen LogP contribution in [0.2, 0.25) is 0 Å². The molecule has 0 heterocycles. The number of benzene rings is 6. The van der Waals surface area contributed by atoms with E-state index in [1.54, 1.807) is 0 Å². The van der Waals surface area contributed by atoms with Crippen molar-refractivity contribution in [2.24, 2.45) is 0 Å². The minimum atomic E-state index is 0.885. The minimum absolute atomic E-state index is 0.885. The lowest BCUT2D eigenvalue weighted by Gasteiger charge is -2.23. The molecule has 6 aromatic carbocycles. The maximum atomic E-state index is 2.43. The molecule has 0 unspecified atom stereocenters. The molecule has 1 nitrogen and oxygen atoms in total. The Morgan fingerprint density at radius 2 is 1.15 bits per heavy atom. The monoisotopic (exact) mass is 533 g/mol. The Kier molecular flexibility index (Phi) is 7.47. The molecule has 0 aliphatic heterocycles. The third-order valence-electron chi connectivity index (χ3n) is 8.35. The van der Waals surface area contributed by atoms with E-state index < -0.39 is 0 Å². The van der Waals surface area contributed by atoms with Gasteiger partial charge in [-0.25, -0.2) is 0 Å². The number of nitrogens with zero attached hydrogens (tertiary/aromatic N) is 1. The van der Waals surface area contributed by atoms with Gasteiger partial charge in [0, 0.05) is 6.54 Å². The molecule has 41 heavy (non-hydrogen) atoms. The van der Waals surface area contributed by atoms with Crippen molar-refractivity contribution in [3.8, 4) is 33.4 Å². The SMILES string of the molecule is CCc1ccc(-c2cc3cc4ccccc4cc3c(-c3ccc(C)cc3CN(C)C)c2-c2ccc(CC)cc2)cc1. The van der Waals surface area contributed by atoms with Crippen LogP contribution in [0.4, 0.5) is 0 Å². The average Bonchev–Trinajstić information content (AvgIpc) is 2.99. The summed E-state index contributed by atoms with van der Waals surface area (Å²) in [7, 11) is 4.32. The first kappa shape index (κ1) is 27.0. The highest BCUT2D eigenvalue weighted by Gasteiger charge is 2.21. The van der Waals surface area contributed by atoms with Gasteiger partial charge in [-0.2, -0.15) is 0 Å². The molecule has 204 valence electrons. The van der Waals surface area contributed by atoms with Gasteiger partial charge in [-0.3, -0.25) is 0 Å². The largest absolute Gasteiger partial charge is 0.305 e. The van der Waals surface area contributed by atoms with Crippen LogP contribution in [-0.4, -0.2) is 19.0 Å². The molecule has 0 bridgehead atoms. The van der Waals surface area contributed by atoms with Crippen molar-refractivity contribution in [2.75, 3.05) is 14.1 Å². The zero-order chi connectivity index (χ0) is 28.5. The Morgan fingerprint density at radius 1 is 0.537 bits per heavy atom. The smallest absolute Gasteiger partial charge is 0.0233 e. The van der Waals surface area contributed by atoms with E-state index in [9.17, 15) is 0 Å². The normalized spacial score (nSPS) is 11.6. The molecule has 0 spiro atoms. The first-order valence-corrected chi connectivity index (χ1v) is 14.9. The van der Waals surface area contributed by atoms with Crippen LogP contribution in [0.5, 0.6) is 0 Å². The number of hydrogen-bond acceptors (Lipinski definition) is 1. The highest BCUT2D eigenvalue weighted by atomic mass is 15.0. The Labute approximate surface area is 245 Å². The van der Waals surface area contributed by atoms with E-state index in [1.807, 2.05) is 0 Å². The summed E-state index contributed by atoms with van der Waals surface area (Å²) < 4.78 is 0.